The van der Waals surface area contributed by atoms with Gasteiger partial charge in [0.15, 0.2) is 5.96 Å². The second-order valence-electron chi connectivity index (χ2n) is 6.94. The highest BCUT2D eigenvalue weighted by Gasteiger charge is 2.10. The van der Waals surface area contributed by atoms with E-state index in [4.69, 9.17) is 0 Å². The number of nitrogens with zero attached hydrogens (tertiary/aromatic N) is 2. The Kier molecular flexibility index (Phi) is 6.34. The molecule has 5 nitrogen and oxygen atoms in total. The summed E-state index contributed by atoms with van der Waals surface area (Å²) in [5, 5.41) is 8.17. The van der Waals surface area contributed by atoms with Crippen molar-refractivity contribution in [3.8, 4) is 0 Å². The maximum absolute atomic E-state index is 4.32. The number of aryl methyl sites for hydroxylation is 1. The summed E-state index contributed by atoms with van der Waals surface area (Å²) in [6.07, 6.45) is 7.01. The van der Waals surface area contributed by atoms with Crippen LogP contribution in [0.15, 0.2) is 29.4 Å². The molecule has 1 aromatic heterocycles. The monoisotopic (exact) mass is 341 g/mol. The SMILES string of the molecule is CN=C(NCCCN1CCCC1)NCCc1c[nH]c2cc(C)ccc12. The van der Waals surface area contributed by atoms with E-state index in [1.165, 1.54) is 60.9 Å². The number of aromatic amines is 1. The molecule has 0 spiro atoms. The van der Waals surface area contributed by atoms with Gasteiger partial charge in [-0.15, -0.1) is 0 Å². The smallest absolute Gasteiger partial charge is 0.190 e. The number of aliphatic imine (C=N–C) groups is 1. The summed E-state index contributed by atoms with van der Waals surface area (Å²) in [6.45, 7) is 7.73. The Balaban J connectivity index is 1.38. The van der Waals surface area contributed by atoms with Crippen LogP contribution in [-0.2, 0) is 6.42 Å². The van der Waals surface area contributed by atoms with Gasteiger partial charge in [0.2, 0.25) is 0 Å². The zero-order valence-electron chi connectivity index (χ0n) is 15.6. The van der Waals surface area contributed by atoms with Crippen LogP contribution in [0.2, 0.25) is 0 Å². The van der Waals surface area contributed by atoms with Crippen molar-refractivity contribution in [3.05, 3.63) is 35.5 Å². The van der Waals surface area contributed by atoms with Crippen LogP contribution in [0.5, 0.6) is 0 Å². The van der Waals surface area contributed by atoms with Crippen molar-refractivity contribution in [1.29, 1.82) is 0 Å². The molecule has 5 heteroatoms. The van der Waals surface area contributed by atoms with Gasteiger partial charge >= 0.3 is 0 Å². The van der Waals surface area contributed by atoms with E-state index in [1.807, 2.05) is 7.05 Å². The standard InChI is InChI=1S/C20H31N5/c1-16-6-7-18-17(15-24-19(18)14-16)8-10-23-20(21-2)22-9-5-13-25-11-3-4-12-25/h6-7,14-15,24H,3-5,8-13H2,1-2H3,(H2,21,22,23). The third-order valence-corrected chi connectivity index (χ3v) is 4.98. The van der Waals surface area contributed by atoms with E-state index in [0.29, 0.717) is 0 Å². The number of benzene rings is 1. The van der Waals surface area contributed by atoms with Gasteiger partial charge in [-0.2, -0.15) is 0 Å². The molecular weight excluding hydrogens is 310 g/mol. The fourth-order valence-corrected chi connectivity index (χ4v) is 3.56. The van der Waals surface area contributed by atoms with Gasteiger partial charge in [-0.05, 0) is 69.4 Å². The molecule has 1 aromatic carbocycles. The summed E-state index contributed by atoms with van der Waals surface area (Å²) in [5.74, 6) is 0.900. The zero-order chi connectivity index (χ0) is 17.5. The van der Waals surface area contributed by atoms with Gasteiger partial charge in [0.25, 0.3) is 0 Å². The molecule has 0 unspecified atom stereocenters. The Morgan fingerprint density at radius 3 is 2.80 bits per heavy atom. The Labute approximate surface area is 150 Å². The van der Waals surface area contributed by atoms with Crippen LogP contribution in [0, 0.1) is 6.92 Å². The van der Waals surface area contributed by atoms with Crippen LogP contribution in [-0.4, -0.2) is 55.6 Å². The second kappa shape index (κ2) is 8.90. The molecule has 0 saturated carbocycles. The van der Waals surface area contributed by atoms with Crippen molar-refractivity contribution in [2.24, 2.45) is 4.99 Å². The fraction of sp³-hybridized carbons (Fsp3) is 0.550. The lowest BCUT2D eigenvalue weighted by Gasteiger charge is -2.16. The van der Waals surface area contributed by atoms with Gasteiger partial charge in [0.1, 0.15) is 0 Å². The van der Waals surface area contributed by atoms with Gasteiger partial charge in [0, 0.05) is 37.2 Å². The molecular formula is C20H31N5. The maximum Gasteiger partial charge on any atom is 0.190 e. The number of rotatable bonds is 7. The normalized spacial score (nSPS) is 15.8. The van der Waals surface area contributed by atoms with Gasteiger partial charge < -0.3 is 20.5 Å². The van der Waals surface area contributed by atoms with Crippen LogP contribution in [0.4, 0.5) is 0 Å². The third kappa shape index (κ3) is 4.98. The largest absolute Gasteiger partial charge is 0.361 e. The Bertz CT molecular complexity index is 697. The second-order valence-corrected chi connectivity index (χ2v) is 6.94. The number of hydrogen-bond acceptors (Lipinski definition) is 2. The summed E-state index contributed by atoms with van der Waals surface area (Å²) in [7, 11) is 1.84. The van der Waals surface area contributed by atoms with E-state index in [9.17, 15) is 0 Å². The molecule has 25 heavy (non-hydrogen) atoms. The third-order valence-electron chi connectivity index (χ3n) is 4.98. The Morgan fingerprint density at radius 1 is 1.20 bits per heavy atom. The van der Waals surface area contributed by atoms with Gasteiger partial charge in [-0.3, -0.25) is 4.99 Å². The number of fused-ring (bicyclic) bond motifs is 1. The highest BCUT2D eigenvalue weighted by Crippen LogP contribution is 2.19. The van der Waals surface area contributed by atoms with Gasteiger partial charge in [0.05, 0.1) is 0 Å². The number of aromatic nitrogens is 1. The summed E-state index contributed by atoms with van der Waals surface area (Å²) >= 11 is 0. The summed E-state index contributed by atoms with van der Waals surface area (Å²) in [6, 6.07) is 6.59. The highest BCUT2D eigenvalue weighted by atomic mass is 15.2. The predicted octanol–water partition coefficient (Wildman–Crippen LogP) is 2.67. The average molecular weight is 342 g/mol. The maximum atomic E-state index is 4.32. The van der Waals surface area contributed by atoms with Gasteiger partial charge in [-0.25, -0.2) is 0 Å². The fourth-order valence-electron chi connectivity index (χ4n) is 3.56. The number of likely N-dealkylation sites (tertiary alicyclic amines) is 1. The van der Waals surface area contributed by atoms with Crippen molar-refractivity contribution >= 4 is 16.9 Å². The minimum Gasteiger partial charge on any atom is -0.361 e. The van der Waals surface area contributed by atoms with E-state index in [1.54, 1.807) is 0 Å². The predicted molar refractivity (Wildman–Crippen MR) is 106 cm³/mol. The van der Waals surface area contributed by atoms with Gasteiger partial charge in [-0.1, -0.05) is 12.1 Å². The van der Waals surface area contributed by atoms with E-state index >= 15 is 0 Å². The summed E-state index contributed by atoms with van der Waals surface area (Å²) in [4.78, 5) is 10.2. The molecule has 1 saturated heterocycles. The summed E-state index contributed by atoms with van der Waals surface area (Å²) in [5.41, 5.74) is 3.86. The van der Waals surface area contributed by atoms with Crippen LogP contribution in [0.1, 0.15) is 30.4 Å². The van der Waals surface area contributed by atoms with E-state index in [0.717, 1.165) is 25.5 Å². The topological polar surface area (TPSA) is 55.5 Å². The molecule has 0 aliphatic carbocycles. The van der Waals surface area contributed by atoms with E-state index in [2.05, 4.69) is 56.8 Å². The molecule has 136 valence electrons. The van der Waals surface area contributed by atoms with Crippen molar-refractivity contribution in [2.75, 3.05) is 39.8 Å². The summed E-state index contributed by atoms with van der Waals surface area (Å²) < 4.78 is 0. The molecule has 1 fully saturated rings. The Hall–Kier alpha value is -2.01. The first-order valence-electron chi connectivity index (χ1n) is 9.50. The highest BCUT2D eigenvalue weighted by molar-refractivity contribution is 5.84. The molecule has 0 radical (unpaired) electrons. The molecule has 2 aromatic rings. The number of guanidine groups is 1. The van der Waals surface area contributed by atoms with Crippen molar-refractivity contribution < 1.29 is 0 Å². The van der Waals surface area contributed by atoms with Crippen molar-refractivity contribution in [3.63, 3.8) is 0 Å². The molecule has 0 atom stereocenters. The molecule has 3 N–H and O–H groups in total. The lowest BCUT2D eigenvalue weighted by Crippen LogP contribution is -2.39. The molecule has 0 bridgehead atoms. The minimum atomic E-state index is 0.882. The first kappa shape index (κ1) is 17.8. The number of nitrogens with one attached hydrogen (secondary N) is 3. The quantitative estimate of drug-likeness (QED) is 0.412. The first-order valence-corrected chi connectivity index (χ1v) is 9.50. The van der Waals surface area contributed by atoms with Crippen LogP contribution < -0.4 is 10.6 Å². The average Bonchev–Trinajstić information content (AvgIpc) is 3.26. The Morgan fingerprint density at radius 2 is 2.00 bits per heavy atom. The first-order chi connectivity index (χ1) is 12.3. The molecule has 0 amide bonds. The van der Waals surface area contributed by atoms with E-state index < -0.39 is 0 Å². The lowest BCUT2D eigenvalue weighted by atomic mass is 10.1. The molecule has 3 rings (SSSR count). The molecule has 1 aliphatic heterocycles. The van der Waals surface area contributed by atoms with Crippen molar-refractivity contribution in [1.82, 2.24) is 20.5 Å². The molecule has 1 aliphatic rings. The van der Waals surface area contributed by atoms with Crippen LogP contribution in [0.25, 0.3) is 10.9 Å². The molecule has 2 heterocycles. The van der Waals surface area contributed by atoms with Crippen LogP contribution in [0.3, 0.4) is 0 Å². The van der Waals surface area contributed by atoms with Crippen molar-refractivity contribution in [2.45, 2.75) is 32.6 Å². The number of hydrogen-bond donors (Lipinski definition) is 3. The minimum absolute atomic E-state index is 0.882. The zero-order valence-corrected chi connectivity index (χ0v) is 15.6. The van der Waals surface area contributed by atoms with Crippen LogP contribution >= 0.6 is 0 Å². The lowest BCUT2D eigenvalue weighted by molar-refractivity contribution is 0.334. The number of H-pyrrole nitrogens is 1. The van der Waals surface area contributed by atoms with E-state index in [-0.39, 0.29) is 0 Å².